The average Bonchev–Trinajstić information content (AvgIpc) is 2.74. The summed E-state index contributed by atoms with van der Waals surface area (Å²) >= 11 is 0. The SMILES string of the molecule is C1=CC[N-]C(C2CCCC(C3CCCC[N-]3)[N-]2)=C1.CC(O)CC(C)O.O=[N+](O)O.O=[N+](O)O.[Sm+3]. The minimum absolute atomic E-state index is 0. The maximum absolute atomic E-state index is 8.56. The minimum atomic E-state index is -1.25. The molecule has 34 heavy (non-hydrogen) atoms. The third-order valence-corrected chi connectivity index (χ3v) is 4.87. The molecule has 0 amide bonds. The van der Waals surface area contributed by atoms with Crippen molar-refractivity contribution in [3.63, 3.8) is 0 Å². The fourth-order valence-corrected chi connectivity index (χ4v) is 3.69. The Morgan fingerprint density at radius 1 is 0.941 bits per heavy atom. The van der Waals surface area contributed by atoms with Gasteiger partial charge < -0.3 is 26.2 Å². The van der Waals surface area contributed by atoms with E-state index in [1.54, 1.807) is 13.8 Å². The van der Waals surface area contributed by atoms with Crippen LogP contribution in [0.25, 0.3) is 16.0 Å². The van der Waals surface area contributed by atoms with Crippen molar-refractivity contribution in [2.24, 2.45) is 0 Å². The second-order valence-corrected chi connectivity index (χ2v) is 7.93. The van der Waals surface area contributed by atoms with Gasteiger partial charge in [-0.15, -0.1) is 25.2 Å². The summed E-state index contributed by atoms with van der Waals surface area (Å²) in [5.41, 5.74) is 1.19. The van der Waals surface area contributed by atoms with Crippen molar-refractivity contribution in [2.45, 2.75) is 89.1 Å². The molecule has 6 N–H and O–H groups in total. The van der Waals surface area contributed by atoms with Crippen LogP contribution in [0.3, 0.4) is 0 Å². The van der Waals surface area contributed by atoms with Crippen LogP contribution in [0.5, 0.6) is 0 Å². The molecule has 0 aromatic rings. The number of hydrogen-bond acceptors (Lipinski definition) is 4. The molecular weight excluding hydrogens is 589 g/mol. The second kappa shape index (κ2) is 21.2. The van der Waals surface area contributed by atoms with E-state index >= 15 is 0 Å². The molecule has 5 unspecified atom stereocenters. The van der Waals surface area contributed by atoms with Crippen LogP contribution < -0.4 is 0 Å². The van der Waals surface area contributed by atoms with Gasteiger partial charge in [0.2, 0.25) is 0 Å². The van der Waals surface area contributed by atoms with Crippen LogP contribution in [-0.4, -0.2) is 84.6 Å². The Balaban J connectivity index is 0. The molecule has 0 aliphatic carbocycles. The van der Waals surface area contributed by atoms with E-state index in [-0.39, 0.29) is 52.6 Å². The molecule has 195 valence electrons. The van der Waals surface area contributed by atoms with E-state index < -0.39 is 10.2 Å². The number of nitrogens with zero attached hydrogens (tertiary/aromatic N) is 5. The third-order valence-electron chi connectivity index (χ3n) is 4.87. The molecule has 14 heteroatoms. The van der Waals surface area contributed by atoms with E-state index in [0.29, 0.717) is 24.5 Å². The first-order chi connectivity index (χ1) is 15.5. The Labute approximate surface area is 232 Å². The van der Waals surface area contributed by atoms with Crippen LogP contribution in [0.15, 0.2) is 23.9 Å². The molecule has 0 spiro atoms. The molecule has 3 aliphatic heterocycles. The van der Waals surface area contributed by atoms with Crippen molar-refractivity contribution in [1.82, 2.24) is 0 Å². The maximum atomic E-state index is 8.56. The fourth-order valence-electron chi connectivity index (χ4n) is 3.69. The Bertz CT molecular complexity index is 590. The van der Waals surface area contributed by atoms with Crippen LogP contribution >= 0.6 is 0 Å². The normalized spacial score (nSPS) is 24.8. The molecular formula is C20H38N5O8Sm+2. The Morgan fingerprint density at radius 2 is 1.50 bits per heavy atom. The molecule has 3 heterocycles. The summed E-state index contributed by atoms with van der Waals surface area (Å²) in [4.78, 5) is 16.9. The first-order valence-electron chi connectivity index (χ1n) is 11.0. The number of hydrogen-bond donors (Lipinski definition) is 6. The van der Waals surface area contributed by atoms with Crippen LogP contribution in [-0.2, 0) is 0 Å². The Kier molecular flexibility index (Phi) is 21.8. The van der Waals surface area contributed by atoms with Gasteiger partial charge in [0, 0.05) is 0 Å². The quantitative estimate of drug-likeness (QED) is 0.255. The Hall–Kier alpha value is -1.14. The number of aliphatic hydroxyl groups excluding tert-OH is 2. The van der Waals surface area contributed by atoms with E-state index in [1.807, 2.05) is 0 Å². The van der Waals surface area contributed by atoms with E-state index in [9.17, 15) is 0 Å². The van der Waals surface area contributed by atoms with Gasteiger partial charge in [-0.2, -0.15) is 17.8 Å². The Morgan fingerprint density at radius 3 is 1.91 bits per heavy atom. The molecule has 0 saturated carbocycles. The maximum Gasteiger partial charge on any atom is 3.00 e. The summed E-state index contributed by atoms with van der Waals surface area (Å²) in [7, 11) is 0. The van der Waals surface area contributed by atoms with Crippen molar-refractivity contribution in [2.75, 3.05) is 13.1 Å². The fraction of sp³-hybridized carbons (Fsp3) is 0.800. The molecule has 5 atom stereocenters. The predicted octanol–water partition coefficient (Wildman–Crippen LogP) is 3.26. The molecule has 13 nitrogen and oxygen atoms in total. The summed E-state index contributed by atoms with van der Waals surface area (Å²) in [6, 6.07) is 1.30. The minimum Gasteiger partial charge on any atom is -0.686 e. The third kappa shape index (κ3) is 20.2. The summed E-state index contributed by atoms with van der Waals surface area (Å²) in [6.07, 6.45) is 13.6. The van der Waals surface area contributed by atoms with Crippen molar-refractivity contribution in [1.29, 1.82) is 0 Å². The van der Waals surface area contributed by atoms with E-state index in [0.717, 1.165) is 13.1 Å². The van der Waals surface area contributed by atoms with E-state index in [2.05, 4.69) is 23.5 Å². The van der Waals surface area contributed by atoms with Crippen LogP contribution in [0, 0.1) is 50.2 Å². The van der Waals surface area contributed by atoms with Crippen molar-refractivity contribution in [3.8, 4) is 0 Å². The standard InChI is InChI=1S/C15H22N3.C5H12O2.2H2NO3.Sm/c1-3-10-16-12(6-1)14-8-5-9-15(18-14)13-7-2-4-11-17-13;1-4(6)3-5(2)7;2*2-1(3)4;/h1,3,6,13-15H,2,4-5,7-11H2;4-7H,3H2,1-2H3;2*(H2,2,3,4);/q-3;;2*+1;+3. The van der Waals surface area contributed by atoms with Gasteiger partial charge in [0.15, 0.2) is 0 Å². The summed E-state index contributed by atoms with van der Waals surface area (Å²) in [5.74, 6) is 0. The zero-order chi connectivity index (χ0) is 25.2. The molecule has 0 aromatic heterocycles. The molecule has 0 aromatic carbocycles. The molecule has 0 bridgehead atoms. The van der Waals surface area contributed by atoms with Gasteiger partial charge >= 0.3 is 50.6 Å². The summed E-state index contributed by atoms with van der Waals surface area (Å²) in [6.45, 7) is 5.20. The molecule has 2 saturated heterocycles. The molecule has 1 radical (unpaired) electrons. The smallest absolute Gasteiger partial charge is 0.686 e. The monoisotopic (exact) mass is 628 g/mol. The number of rotatable bonds is 4. The van der Waals surface area contributed by atoms with Crippen LogP contribution in [0.1, 0.15) is 58.8 Å². The number of aliphatic hydroxyl groups is 2. The van der Waals surface area contributed by atoms with Gasteiger partial charge in [-0.1, -0.05) is 50.7 Å². The van der Waals surface area contributed by atoms with Gasteiger partial charge in [-0.25, -0.2) is 20.8 Å². The number of allylic oxidation sites excluding steroid dienone is 2. The predicted molar refractivity (Wildman–Crippen MR) is 118 cm³/mol. The van der Waals surface area contributed by atoms with E-state index in [1.165, 1.54) is 44.2 Å². The first kappa shape index (κ1) is 35.0. The molecule has 3 rings (SSSR count). The first-order valence-corrected chi connectivity index (χ1v) is 11.0. The van der Waals surface area contributed by atoms with Gasteiger partial charge in [0.05, 0.1) is 12.2 Å². The van der Waals surface area contributed by atoms with Crippen molar-refractivity contribution in [3.05, 3.63) is 49.7 Å². The molecule has 3 aliphatic rings. The van der Waals surface area contributed by atoms with Gasteiger partial charge in [0.25, 0.3) is 0 Å². The van der Waals surface area contributed by atoms with Gasteiger partial charge in [-0.05, 0) is 20.3 Å². The van der Waals surface area contributed by atoms with Gasteiger partial charge in [-0.3, -0.25) is 0 Å². The van der Waals surface area contributed by atoms with Crippen molar-refractivity contribution < 1.29 is 81.6 Å². The van der Waals surface area contributed by atoms with Crippen LogP contribution in [0.4, 0.5) is 0 Å². The average molecular weight is 627 g/mol. The topological polar surface area (TPSA) is 204 Å². The number of piperidine rings is 2. The molecule has 2 fully saturated rings. The summed E-state index contributed by atoms with van der Waals surface area (Å²) < 4.78 is 0. The van der Waals surface area contributed by atoms with Crippen molar-refractivity contribution >= 4 is 0 Å². The zero-order valence-corrected chi connectivity index (χ0v) is 22.2. The van der Waals surface area contributed by atoms with Gasteiger partial charge in [0.1, 0.15) is 9.81 Å². The van der Waals surface area contributed by atoms with E-state index in [4.69, 9.17) is 51.5 Å². The largest absolute Gasteiger partial charge is 3.00 e. The summed E-state index contributed by atoms with van der Waals surface area (Å²) in [5, 5.41) is 56.6. The zero-order valence-electron chi connectivity index (χ0n) is 19.6. The second-order valence-electron chi connectivity index (χ2n) is 7.93. The van der Waals surface area contributed by atoms with Crippen LogP contribution in [0.2, 0.25) is 0 Å².